The Bertz CT molecular complexity index is 383. The van der Waals surface area contributed by atoms with E-state index in [1.165, 1.54) is 141 Å². The van der Waals surface area contributed by atoms with E-state index >= 15 is 0 Å². The Hall–Kier alpha value is -0.570. The predicted octanol–water partition coefficient (Wildman–Crippen LogP) is 9.98. The van der Waals surface area contributed by atoms with Gasteiger partial charge in [-0.1, -0.05) is 155 Å². The second-order valence-electron chi connectivity index (χ2n) is 10.5. The minimum absolute atomic E-state index is 0.0661. The average Bonchev–Trinajstić information content (AvgIpc) is 2.79. The van der Waals surface area contributed by atoms with Crippen molar-refractivity contribution in [3.8, 4) is 0 Å². The van der Waals surface area contributed by atoms with E-state index in [1.807, 2.05) is 0 Å². The highest BCUT2D eigenvalue weighted by molar-refractivity contribution is 5.66. The number of rotatable bonds is 28. The molecule has 0 aliphatic carbocycles. The number of carbonyl (C=O) groups is 1. The molecule has 0 amide bonds. The maximum atomic E-state index is 10.4. The van der Waals surface area contributed by atoms with Gasteiger partial charge in [0, 0.05) is 6.42 Å². The molecule has 0 bridgehead atoms. The molecule has 3 heteroatoms. The first-order valence-corrected chi connectivity index (χ1v) is 15.1. The zero-order valence-electron chi connectivity index (χ0n) is 22.5. The molecule has 1 unspecified atom stereocenters. The lowest BCUT2D eigenvalue weighted by atomic mass is 10.0. The van der Waals surface area contributed by atoms with Gasteiger partial charge in [-0.3, -0.25) is 4.79 Å². The van der Waals surface area contributed by atoms with Gasteiger partial charge in [0.25, 0.3) is 0 Å². The normalized spacial score (nSPS) is 12.3. The molecule has 0 heterocycles. The minimum Gasteiger partial charge on any atom is -0.481 e. The summed E-state index contributed by atoms with van der Waals surface area (Å²) in [6.45, 7) is 2.28. The molecular formula is C30H60O3. The lowest BCUT2D eigenvalue weighted by molar-refractivity contribution is -0.137. The van der Waals surface area contributed by atoms with E-state index in [-0.39, 0.29) is 6.10 Å². The first kappa shape index (κ1) is 32.4. The number of hydrogen-bond donors (Lipinski definition) is 2. The molecule has 0 fully saturated rings. The highest BCUT2D eigenvalue weighted by Crippen LogP contribution is 2.16. The molecule has 0 rings (SSSR count). The number of carboxylic acids is 1. The topological polar surface area (TPSA) is 57.5 Å². The average molecular weight is 469 g/mol. The largest absolute Gasteiger partial charge is 0.481 e. The van der Waals surface area contributed by atoms with Gasteiger partial charge in [-0.25, -0.2) is 0 Å². The molecule has 0 saturated heterocycles. The van der Waals surface area contributed by atoms with Gasteiger partial charge in [0.05, 0.1) is 6.10 Å². The summed E-state index contributed by atoms with van der Waals surface area (Å²) in [6, 6.07) is 0. The zero-order valence-corrected chi connectivity index (χ0v) is 22.5. The van der Waals surface area contributed by atoms with Gasteiger partial charge >= 0.3 is 5.97 Å². The van der Waals surface area contributed by atoms with Crippen molar-refractivity contribution in [2.24, 2.45) is 0 Å². The van der Waals surface area contributed by atoms with Crippen LogP contribution in [-0.2, 0) is 4.79 Å². The fourth-order valence-electron chi connectivity index (χ4n) is 4.79. The van der Waals surface area contributed by atoms with Crippen molar-refractivity contribution in [3.05, 3.63) is 0 Å². The van der Waals surface area contributed by atoms with Crippen LogP contribution in [-0.4, -0.2) is 22.3 Å². The maximum absolute atomic E-state index is 10.4. The third kappa shape index (κ3) is 29.4. The highest BCUT2D eigenvalue weighted by Gasteiger charge is 2.04. The van der Waals surface area contributed by atoms with Crippen LogP contribution in [0.15, 0.2) is 0 Å². The van der Waals surface area contributed by atoms with E-state index in [4.69, 9.17) is 5.11 Å². The van der Waals surface area contributed by atoms with Gasteiger partial charge in [0.1, 0.15) is 0 Å². The number of hydrogen-bond acceptors (Lipinski definition) is 2. The van der Waals surface area contributed by atoms with Crippen LogP contribution >= 0.6 is 0 Å². The van der Waals surface area contributed by atoms with E-state index < -0.39 is 5.97 Å². The van der Waals surface area contributed by atoms with E-state index in [9.17, 15) is 9.90 Å². The molecule has 0 aromatic carbocycles. The molecule has 0 saturated carbocycles. The quantitative estimate of drug-likeness (QED) is 0.112. The van der Waals surface area contributed by atoms with Crippen molar-refractivity contribution < 1.29 is 15.0 Å². The smallest absolute Gasteiger partial charge is 0.303 e. The molecule has 3 nitrogen and oxygen atoms in total. The Morgan fingerprint density at radius 3 is 1.06 bits per heavy atom. The molecule has 0 aliphatic heterocycles. The zero-order chi connectivity index (χ0) is 24.2. The maximum Gasteiger partial charge on any atom is 0.303 e. The van der Waals surface area contributed by atoms with Crippen LogP contribution < -0.4 is 0 Å². The first-order chi connectivity index (χ1) is 16.2. The third-order valence-electron chi connectivity index (χ3n) is 7.07. The fourth-order valence-corrected chi connectivity index (χ4v) is 4.79. The highest BCUT2D eigenvalue weighted by atomic mass is 16.4. The van der Waals surface area contributed by atoms with E-state index in [0.29, 0.717) is 6.42 Å². The van der Waals surface area contributed by atoms with Gasteiger partial charge in [0.15, 0.2) is 0 Å². The molecule has 33 heavy (non-hydrogen) atoms. The van der Waals surface area contributed by atoms with Crippen LogP contribution in [0.5, 0.6) is 0 Å². The van der Waals surface area contributed by atoms with Gasteiger partial charge in [-0.05, 0) is 19.3 Å². The number of aliphatic hydroxyl groups excluding tert-OH is 1. The molecule has 0 spiro atoms. The molecule has 2 N–H and O–H groups in total. The minimum atomic E-state index is -0.663. The molecule has 1 atom stereocenters. The van der Waals surface area contributed by atoms with Crippen molar-refractivity contribution in [1.29, 1.82) is 0 Å². The van der Waals surface area contributed by atoms with Gasteiger partial charge in [-0.2, -0.15) is 0 Å². The Balaban J connectivity index is 3.15. The Kier molecular flexibility index (Phi) is 27.2. The summed E-state index contributed by atoms with van der Waals surface area (Å²) in [6.07, 6.45) is 33.6. The monoisotopic (exact) mass is 468 g/mol. The van der Waals surface area contributed by atoms with E-state index in [1.54, 1.807) is 0 Å². The van der Waals surface area contributed by atoms with Crippen LogP contribution in [0.1, 0.15) is 180 Å². The lowest BCUT2D eigenvalue weighted by Gasteiger charge is -2.10. The van der Waals surface area contributed by atoms with Crippen LogP contribution in [0.2, 0.25) is 0 Å². The number of aliphatic carboxylic acids is 1. The van der Waals surface area contributed by atoms with E-state index in [0.717, 1.165) is 25.7 Å². The summed E-state index contributed by atoms with van der Waals surface area (Å²) in [4.78, 5) is 10.4. The molecule has 0 aromatic heterocycles. The summed E-state index contributed by atoms with van der Waals surface area (Å²) in [5.74, 6) is -0.663. The van der Waals surface area contributed by atoms with Crippen LogP contribution in [0.25, 0.3) is 0 Å². The van der Waals surface area contributed by atoms with Crippen molar-refractivity contribution >= 4 is 5.97 Å². The molecule has 0 radical (unpaired) electrons. The summed E-state index contributed by atoms with van der Waals surface area (Å²) < 4.78 is 0. The second kappa shape index (κ2) is 27.7. The Labute approximate surface area is 207 Å². The van der Waals surface area contributed by atoms with Crippen molar-refractivity contribution in [1.82, 2.24) is 0 Å². The van der Waals surface area contributed by atoms with Crippen LogP contribution in [0.3, 0.4) is 0 Å². The molecule has 0 aliphatic rings. The summed E-state index contributed by atoms with van der Waals surface area (Å²) in [7, 11) is 0. The number of aliphatic hydroxyl groups is 1. The van der Waals surface area contributed by atoms with Gasteiger partial charge in [-0.15, -0.1) is 0 Å². The van der Waals surface area contributed by atoms with Gasteiger partial charge < -0.3 is 10.2 Å². The molecule has 198 valence electrons. The first-order valence-electron chi connectivity index (χ1n) is 15.1. The Morgan fingerprint density at radius 1 is 0.485 bits per heavy atom. The lowest BCUT2D eigenvalue weighted by Crippen LogP contribution is -2.05. The van der Waals surface area contributed by atoms with Gasteiger partial charge in [0.2, 0.25) is 0 Å². The predicted molar refractivity (Wildman–Crippen MR) is 144 cm³/mol. The summed E-state index contributed by atoms with van der Waals surface area (Å²) >= 11 is 0. The Morgan fingerprint density at radius 2 is 0.758 bits per heavy atom. The van der Waals surface area contributed by atoms with Crippen molar-refractivity contribution in [2.45, 2.75) is 186 Å². The number of unbranched alkanes of at least 4 members (excludes halogenated alkanes) is 22. The summed E-state index contributed by atoms with van der Waals surface area (Å²) in [5, 5.41) is 18.8. The van der Waals surface area contributed by atoms with Crippen molar-refractivity contribution in [3.63, 3.8) is 0 Å². The fraction of sp³-hybridized carbons (Fsp3) is 0.967. The molecule has 0 aromatic rings. The SMILES string of the molecule is CCCCCCCCCCCCCCC(O)CCCCCCCCCCCCCCC(=O)O. The van der Waals surface area contributed by atoms with E-state index in [2.05, 4.69) is 6.92 Å². The van der Waals surface area contributed by atoms with Crippen LogP contribution in [0, 0.1) is 0 Å². The standard InChI is InChI=1S/C30H60O3/c1-2-3-4-5-6-7-8-11-14-17-20-23-26-29(31)27-24-21-18-15-12-9-10-13-16-19-22-25-28-30(32)33/h29,31H,2-28H2,1H3,(H,32,33). The third-order valence-corrected chi connectivity index (χ3v) is 7.07. The second-order valence-corrected chi connectivity index (χ2v) is 10.5. The van der Waals surface area contributed by atoms with Crippen molar-refractivity contribution in [2.75, 3.05) is 0 Å². The molecular weight excluding hydrogens is 408 g/mol. The summed E-state index contributed by atoms with van der Waals surface area (Å²) in [5.41, 5.74) is 0. The number of carboxylic acid groups (broad SMARTS) is 1. The van der Waals surface area contributed by atoms with Crippen LogP contribution in [0.4, 0.5) is 0 Å².